The van der Waals surface area contributed by atoms with Gasteiger partial charge in [-0.25, -0.2) is 0 Å². The SMILES string of the molecule is CCC(N)C(=O)NC1C(=O)N2CCCCC2C(=O)NC(C(C)C(=O)O)C(=O)NC(CC(=O)O)C(=O)NCC(=O)NC(CC(=O)O)C(=O)NCC(=O)NC(C(C)N)C(=O)NC(C(C)C)C(=O)N2CCCC2C(=O)NC1C. The summed E-state index contributed by atoms with van der Waals surface area (Å²) >= 11 is 0. The number of carbonyl (C=O) groups excluding carboxylic acids is 11. The summed E-state index contributed by atoms with van der Waals surface area (Å²) in [6.07, 6.45) is -1.08. The van der Waals surface area contributed by atoms with Crippen LogP contribution in [0.5, 0.6) is 0 Å². The Morgan fingerprint density at radius 1 is 0.600 bits per heavy atom. The fourth-order valence-electron chi connectivity index (χ4n) is 8.46. The minimum Gasteiger partial charge on any atom is -0.481 e. The van der Waals surface area contributed by atoms with E-state index in [2.05, 4.69) is 37.2 Å². The van der Waals surface area contributed by atoms with Crippen LogP contribution >= 0.6 is 0 Å². The van der Waals surface area contributed by atoms with Crippen LogP contribution in [0, 0.1) is 11.8 Å². The molecule has 12 atom stereocenters. The molecule has 3 aliphatic rings. The Labute approximate surface area is 431 Å². The molecule has 0 bridgehead atoms. The van der Waals surface area contributed by atoms with Crippen molar-refractivity contribution in [3.05, 3.63) is 0 Å². The molecule has 418 valence electrons. The van der Waals surface area contributed by atoms with Gasteiger partial charge < -0.3 is 84.4 Å². The zero-order valence-electron chi connectivity index (χ0n) is 42.6. The maximum absolute atomic E-state index is 14.7. The molecule has 0 aromatic rings. The lowest BCUT2D eigenvalue weighted by atomic mass is 9.96. The predicted octanol–water partition coefficient (Wildman–Crippen LogP) is -6.57. The molecule has 0 spiro atoms. The number of piperidine rings is 1. The summed E-state index contributed by atoms with van der Waals surface area (Å²) in [4.78, 5) is 189. The van der Waals surface area contributed by atoms with Gasteiger partial charge in [0.15, 0.2) is 0 Å². The van der Waals surface area contributed by atoms with E-state index in [0.717, 1.165) is 11.8 Å². The van der Waals surface area contributed by atoms with Crippen molar-refractivity contribution < 1.29 is 82.4 Å². The molecule has 12 unspecified atom stereocenters. The van der Waals surface area contributed by atoms with Crippen LogP contribution in [0.25, 0.3) is 0 Å². The van der Waals surface area contributed by atoms with Crippen LogP contribution in [0.1, 0.15) is 92.9 Å². The Bertz CT molecular complexity index is 2210. The first-order chi connectivity index (χ1) is 35.1. The molecule has 16 N–H and O–H groups in total. The van der Waals surface area contributed by atoms with E-state index in [4.69, 9.17) is 11.5 Å². The molecule has 0 aromatic heterocycles. The Morgan fingerprint density at radius 2 is 1.08 bits per heavy atom. The summed E-state index contributed by atoms with van der Waals surface area (Å²) < 4.78 is 0. The standard InChI is InChI=1S/C45H71N13O17/c1-7-23(47)36(65)56-35-22(6)50-39(68)27-12-10-14-58(27)43(72)32(19(2)3)54-42(71)34(21(5)46)53-29(60)18-49-37(66)24(15-30(61)62)51-28(59)17-48-38(67)25(16-31(63)64)52-41(70)33(20(4)45(74)75)55-40(69)26-11-8-9-13-57(26)44(35)73/h19-27,32-35H,7-18,46-47H2,1-6H3,(H,48,67)(H,49,66)(H,50,68)(H,51,59)(H,52,70)(H,53,60)(H,54,71)(H,55,69)(H,56,65)(H,61,62)(H,63,64)(H,74,75). The third-order valence-electron chi connectivity index (χ3n) is 12.9. The quantitative estimate of drug-likeness (QED) is 0.0915. The van der Waals surface area contributed by atoms with Crippen molar-refractivity contribution in [2.24, 2.45) is 23.3 Å². The minimum absolute atomic E-state index is 0.0441. The second kappa shape index (κ2) is 28.2. The topological polar surface area (TPSA) is 466 Å². The number of hydrogen-bond acceptors (Lipinski definition) is 16. The van der Waals surface area contributed by atoms with Crippen molar-refractivity contribution in [3.8, 4) is 0 Å². The Balaban J connectivity index is 2.14. The molecule has 30 nitrogen and oxygen atoms in total. The van der Waals surface area contributed by atoms with Gasteiger partial charge >= 0.3 is 17.9 Å². The van der Waals surface area contributed by atoms with Crippen LogP contribution in [0.15, 0.2) is 0 Å². The molecule has 3 fully saturated rings. The lowest BCUT2D eigenvalue weighted by molar-refractivity contribution is -0.149. The Hall–Kier alpha value is -7.50. The molecular formula is C45H71N13O17. The van der Waals surface area contributed by atoms with E-state index in [-0.39, 0.29) is 32.4 Å². The molecule has 0 saturated carbocycles. The molecule has 75 heavy (non-hydrogen) atoms. The number of hydrogen-bond donors (Lipinski definition) is 14. The van der Waals surface area contributed by atoms with E-state index in [1.807, 2.05) is 10.6 Å². The number of fused-ring (bicyclic) bond motifs is 2. The van der Waals surface area contributed by atoms with Crippen LogP contribution < -0.4 is 59.3 Å². The second-order valence-electron chi connectivity index (χ2n) is 19.1. The number of aliphatic carboxylic acids is 3. The van der Waals surface area contributed by atoms with E-state index in [9.17, 15) is 82.4 Å². The maximum atomic E-state index is 14.7. The molecular weight excluding hydrogens is 995 g/mol. The van der Waals surface area contributed by atoms with Gasteiger partial charge in [-0.05, 0) is 65.2 Å². The van der Waals surface area contributed by atoms with Gasteiger partial charge in [-0.15, -0.1) is 0 Å². The molecule has 0 aliphatic carbocycles. The van der Waals surface area contributed by atoms with Gasteiger partial charge in [-0.2, -0.15) is 0 Å². The number of amides is 11. The van der Waals surface area contributed by atoms with E-state index >= 15 is 0 Å². The molecule has 0 radical (unpaired) electrons. The highest BCUT2D eigenvalue weighted by Crippen LogP contribution is 2.23. The van der Waals surface area contributed by atoms with Crippen molar-refractivity contribution in [1.29, 1.82) is 0 Å². The first kappa shape index (κ1) is 61.8. The molecule has 0 aromatic carbocycles. The fourth-order valence-corrected chi connectivity index (χ4v) is 8.46. The maximum Gasteiger partial charge on any atom is 0.308 e. The molecule has 3 aliphatic heterocycles. The van der Waals surface area contributed by atoms with Crippen LogP contribution in [-0.4, -0.2) is 201 Å². The first-order valence-electron chi connectivity index (χ1n) is 24.5. The molecule has 3 heterocycles. The monoisotopic (exact) mass is 1070 g/mol. The highest BCUT2D eigenvalue weighted by molar-refractivity contribution is 6.00. The first-order valence-corrected chi connectivity index (χ1v) is 24.5. The van der Waals surface area contributed by atoms with Gasteiger partial charge in [0, 0.05) is 19.1 Å². The average Bonchev–Trinajstić information content (AvgIpc) is 3.85. The van der Waals surface area contributed by atoms with Gasteiger partial charge in [-0.3, -0.25) is 67.1 Å². The van der Waals surface area contributed by atoms with E-state index in [1.165, 1.54) is 18.7 Å². The number of nitrogens with zero attached hydrogens (tertiary/aromatic N) is 2. The van der Waals surface area contributed by atoms with Crippen molar-refractivity contribution in [3.63, 3.8) is 0 Å². The van der Waals surface area contributed by atoms with Crippen LogP contribution in [0.4, 0.5) is 0 Å². The normalized spacial score (nSPS) is 28.1. The summed E-state index contributed by atoms with van der Waals surface area (Å²) in [5.74, 6) is -18.8. The van der Waals surface area contributed by atoms with E-state index in [0.29, 0.717) is 19.3 Å². The lowest BCUT2D eigenvalue weighted by Crippen LogP contribution is -2.65. The van der Waals surface area contributed by atoms with Crippen molar-refractivity contribution >= 4 is 82.9 Å². The highest BCUT2D eigenvalue weighted by atomic mass is 16.4. The molecule has 3 saturated heterocycles. The lowest BCUT2D eigenvalue weighted by Gasteiger charge is -2.39. The summed E-state index contributed by atoms with van der Waals surface area (Å²) in [7, 11) is 0. The Kier molecular flexibility index (Phi) is 23.3. The van der Waals surface area contributed by atoms with Crippen LogP contribution in [0.2, 0.25) is 0 Å². The number of carbonyl (C=O) groups is 14. The average molecular weight is 1070 g/mol. The number of nitrogens with two attached hydrogens (primary N) is 2. The molecule has 3 rings (SSSR count). The summed E-state index contributed by atoms with van der Waals surface area (Å²) in [6.45, 7) is 6.50. The number of nitrogens with one attached hydrogen (secondary N) is 9. The smallest absolute Gasteiger partial charge is 0.308 e. The van der Waals surface area contributed by atoms with Crippen LogP contribution in [0.3, 0.4) is 0 Å². The largest absolute Gasteiger partial charge is 0.481 e. The van der Waals surface area contributed by atoms with Gasteiger partial charge in [0.05, 0.1) is 43.9 Å². The van der Waals surface area contributed by atoms with E-state index in [1.54, 1.807) is 20.8 Å². The summed E-state index contributed by atoms with van der Waals surface area (Å²) in [5, 5.41) is 49.8. The van der Waals surface area contributed by atoms with Gasteiger partial charge in [0.1, 0.15) is 48.3 Å². The third-order valence-corrected chi connectivity index (χ3v) is 12.9. The molecule has 30 heteroatoms. The summed E-state index contributed by atoms with van der Waals surface area (Å²) in [5.41, 5.74) is 12.1. The van der Waals surface area contributed by atoms with Gasteiger partial charge in [0.25, 0.3) is 0 Å². The van der Waals surface area contributed by atoms with Crippen molar-refractivity contribution in [2.75, 3.05) is 26.2 Å². The zero-order valence-corrected chi connectivity index (χ0v) is 42.6. The third kappa shape index (κ3) is 17.6. The summed E-state index contributed by atoms with van der Waals surface area (Å²) in [6, 6.07) is -16.6. The number of carboxylic acids is 3. The number of rotatable bonds is 11. The van der Waals surface area contributed by atoms with Gasteiger partial charge in [-0.1, -0.05) is 20.8 Å². The van der Waals surface area contributed by atoms with Crippen LogP contribution in [-0.2, 0) is 67.1 Å². The number of carboxylic acid groups (broad SMARTS) is 3. The van der Waals surface area contributed by atoms with E-state index < -0.39 is 187 Å². The zero-order chi connectivity index (χ0) is 56.6. The van der Waals surface area contributed by atoms with Crippen molar-refractivity contribution in [1.82, 2.24) is 57.7 Å². The fraction of sp³-hybridized carbons (Fsp3) is 0.689. The van der Waals surface area contributed by atoms with Crippen molar-refractivity contribution in [2.45, 2.75) is 159 Å². The minimum atomic E-state index is -2.05. The second-order valence-corrected chi connectivity index (χ2v) is 19.1. The Morgan fingerprint density at radius 3 is 1.60 bits per heavy atom. The molecule has 11 amide bonds. The highest BCUT2D eigenvalue weighted by Gasteiger charge is 2.44. The van der Waals surface area contributed by atoms with Gasteiger partial charge in [0.2, 0.25) is 65.0 Å². The predicted molar refractivity (Wildman–Crippen MR) is 257 cm³/mol.